The SMILES string of the molecule is COc1cc(Cl)ccc1CNC(=O)C(C)C1CNC1.Cl. The zero-order valence-electron chi connectivity index (χ0n) is 11.6. The predicted octanol–water partition coefficient (Wildman–Crippen LogP) is 2.24. The van der Waals surface area contributed by atoms with E-state index in [0.717, 1.165) is 18.7 Å². The van der Waals surface area contributed by atoms with Crippen LogP contribution in [0.15, 0.2) is 18.2 Å². The molecule has 1 aromatic rings. The third-order valence-corrected chi connectivity index (χ3v) is 3.87. The number of nitrogens with one attached hydrogen (secondary N) is 2. The Hall–Kier alpha value is -0.970. The first-order valence-corrected chi connectivity index (χ1v) is 6.80. The van der Waals surface area contributed by atoms with E-state index in [1.807, 2.05) is 13.0 Å². The van der Waals surface area contributed by atoms with Gasteiger partial charge in [0.2, 0.25) is 5.91 Å². The molecule has 2 N–H and O–H groups in total. The number of carbonyl (C=O) groups excluding carboxylic acids is 1. The van der Waals surface area contributed by atoms with Gasteiger partial charge in [0, 0.05) is 23.0 Å². The number of hydrogen-bond acceptors (Lipinski definition) is 3. The van der Waals surface area contributed by atoms with E-state index < -0.39 is 0 Å². The smallest absolute Gasteiger partial charge is 0.223 e. The molecule has 20 heavy (non-hydrogen) atoms. The number of halogens is 2. The topological polar surface area (TPSA) is 50.4 Å². The van der Waals surface area contributed by atoms with Crippen molar-refractivity contribution < 1.29 is 9.53 Å². The fourth-order valence-corrected chi connectivity index (χ4v) is 2.25. The van der Waals surface area contributed by atoms with Crippen LogP contribution in [0.1, 0.15) is 12.5 Å². The molecule has 1 unspecified atom stereocenters. The van der Waals surface area contributed by atoms with Crippen LogP contribution in [0.5, 0.6) is 5.75 Å². The lowest BCUT2D eigenvalue weighted by atomic mass is 9.88. The molecule has 6 heteroatoms. The highest BCUT2D eigenvalue weighted by molar-refractivity contribution is 6.30. The summed E-state index contributed by atoms with van der Waals surface area (Å²) in [6.07, 6.45) is 0. The quantitative estimate of drug-likeness (QED) is 0.875. The molecule has 112 valence electrons. The van der Waals surface area contributed by atoms with Crippen LogP contribution in [0, 0.1) is 11.8 Å². The molecule has 0 aliphatic carbocycles. The van der Waals surface area contributed by atoms with Gasteiger partial charge >= 0.3 is 0 Å². The fourth-order valence-electron chi connectivity index (χ4n) is 2.09. The Morgan fingerprint density at radius 3 is 2.80 bits per heavy atom. The van der Waals surface area contributed by atoms with Gasteiger partial charge in [-0.1, -0.05) is 24.6 Å². The first kappa shape index (κ1) is 17.1. The van der Waals surface area contributed by atoms with Crippen LogP contribution in [0.4, 0.5) is 0 Å². The molecule has 1 heterocycles. The lowest BCUT2D eigenvalue weighted by Gasteiger charge is -2.31. The Morgan fingerprint density at radius 2 is 2.25 bits per heavy atom. The Morgan fingerprint density at radius 1 is 1.55 bits per heavy atom. The molecule has 1 aromatic carbocycles. The van der Waals surface area contributed by atoms with Crippen molar-refractivity contribution in [2.45, 2.75) is 13.5 Å². The summed E-state index contributed by atoms with van der Waals surface area (Å²) < 4.78 is 5.25. The summed E-state index contributed by atoms with van der Waals surface area (Å²) in [5, 5.41) is 6.76. The summed E-state index contributed by atoms with van der Waals surface area (Å²) in [6, 6.07) is 5.42. The van der Waals surface area contributed by atoms with Crippen LogP contribution in [-0.2, 0) is 11.3 Å². The van der Waals surface area contributed by atoms with Crippen molar-refractivity contribution >= 4 is 29.9 Å². The molecule has 1 saturated heterocycles. The monoisotopic (exact) mass is 318 g/mol. The maximum absolute atomic E-state index is 12.0. The number of methoxy groups -OCH3 is 1. The van der Waals surface area contributed by atoms with Gasteiger partial charge in [0.1, 0.15) is 5.75 Å². The van der Waals surface area contributed by atoms with Crippen LogP contribution in [0.3, 0.4) is 0 Å². The van der Waals surface area contributed by atoms with Crippen LogP contribution >= 0.6 is 24.0 Å². The molecule has 2 rings (SSSR count). The van der Waals surface area contributed by atoms with Gasteiger partial charge < -0.3 is 15.4 Å². The minimum Gasteiger partial charge on any atom is -0.496 e. The highest BCUT2D eigenvalue weighted by Crippen LogP contribution is 2.23. The van der Waals surface area contributed by atoms with E-state index in [4.69, 9.17) is 16.3 Å². The lowest BCUT2D eigenvalue weighted by molar-refractivity contribution is -0.126. The summed E-state index contributed by atoms with van der Waals surface area (Å²) in [4.78, 5) is 12.0. The summed E-state index contributed by atoms with van der Waals surface area (Å²) in [5.74, 6) is 1.28. The highest BCUT2D eigenvalue weighted by Gasteiger charge is 2.28. The molecule has 0 saturated carbocycles. The Bertz CT molecular complexity index is 464. The van der Waals surface area contributed by atoms with Crippen LogP contribution in [-0.4, -0.2) is 26.1 Å². The maximum Gasteiger partial charge on any atom is 0.223 e. The molecule has 1 atom stereocenters. The van der Waals surface area contributed by atoms with E-state index >= 15 is 0 Å². The molecular formula is C14H20Cl2N2O2. The zero-order chi connectivity index (χ0) is 13.8. The number of benzene rings is 1. The Kier molecular flexibility index (Phi) is 6.59. The lowest BCUT2D eigenvalue weighted by Crippen LogP contribution is -2.49. The largest absolute Gasteiger partial charge is 0.496 e. The Labute approximate surface area is 130 Å². The molecule has 0 spiro atoms. The van der Waals surface area contributed by atoms with E-state index in [2.05, 4.69) is 10.6 Å². The average Bonchev–Trinajstić information content (AvgIpc) is 2.34. The van der Waals surface area contributed by atoms with Crippen molar-refractivity contribution in [3.8, 4) is 5.75 Å². The van der Waals surface area contributed by atoms with Crippen molar-refractivity contribution in [2.24, 2.45) is 11.8 Å². The van der Waals surface area contributed by atoms with E-state index in [9.17, 15) is 4.79 Å². The van der Waals surface area contributed by atoms with Gasteiger partial charge in [-0.3, -0.25) is 4.79 Å². The molecule has 1 aliphatic heterocycles. The van der Waals surface area contributed by atoms with Crippen molar-refractivity contribution in [2.75, 3.05) is 20.2 Å². The summed E-state index contributed by atoms with van der Waals surface area (Å²) in [7, 11) is 1.60. The third kappa shape index (κ3) is 4.01. The number of hydrogen-bond donors (Lipinski definition) is 2. The number of ether oxygens (including phenoxy) is 1. The van der Waals surface area contributed by atoms with Gasteiger partial charge in [-0.05, 0) is 31.1 Å². The molecule has 4 nitrogen and oxygen atoms in total. The second kappa shape index (κ2) is 7.72. The van der Waals surface area contributed by atoms with Gasteiger partial charge in [-0.2, -0.15) is 0 Å². The molecule has 1 aliphatic rings. The summed E-state index contributed by atoms with van der Waals surface area (Å²) >= 11 is 5.90. The van der Waals surface area contributed by atoms with Crippen molar-refractivity contribution in [3.05, 3.63) is 28.8 Å². The number of rotatable bonds is 5. The molecule has 0 aromatic heterocycles. The van der Waals surface area contributed by atoms with Gasteiger partial charge in [0.15, 0.2) is 0 Å². The van der Waals surface area contributed by atoms with Crippen LogP contribution < -0.4 is 15.4 Å². The Balaban J connectivity index is 0.00000200. The maximum atomic E-state index is 12.0. The number of carbonyl (C=O) groups is 1. The normalized spacial score (nSPS) is 15.8. The second-order valence-electron chi connectivity index (χ2n) is 4.88. The molecule has 0 radical (unpaired) electrons. The third-order valence-electron chi connectivity index (χ3n) is 3.64. The zero-order valence-corrected chi connectivity index (χ0v) is 13.2. The van der Waals surface area contributed by atoms with Gasteiger partial charge in [-0.15, -0.1) is 12.4 Å². The highest BCUT2D eigenvalue weighted by atomic mass is 35.5. The first-order chi connectivity index (χ1) is 9.11. The predicted molar refractivity (Wildman–Crippen MR) is 82.6 cm³/mol. The van der Waals surface area contributed by atoms with Crippen molar-refractivity contribution in [1.82, 2.24) is 10.6 Å². The first-order valence-electron chi connectivity index (χ1n) is 6.42. The molecule has 0 bridgehead atoms. The summed E-state index contributed by atoms with van der Waals surface area (Å²) in [6.45, 7) is 4.29. The molecule has 1 amide bonds. The van der Waals surface area contributed by atoms with Gasteiger partial charge in [0.25, 0.3) is 0 Å². The second-order valence-corrected chi connectivity index (χ2v) is 5.32. The van der Waals surface area contributed by atoms with Crippen molar-refractivity contribution in [1.29, 1.82) is 0 Å². The van der Waals surface area contributed by atoms with Crippen LogP contribution in [0.2, 0.25) is 5.02 Å². The number of amides is 1. The molecule has 1 fully saturated rings. The van der Waals surface area contributed by atoms with E-state index in [1.54, 1.807) is 19.2 Å². The van der Waals surface area contributed by atoms with Crippen LogP contribution in [0.25, 0.3) is 0 Å². The summed E-state index contributed by atoms with van der Waals surface area (Å²) in [5.41, 5.74) is 0.930. The van der Waals surface area contributed by atoms with E-state index in [1.165, 1.54) is 0 Å². The molecular weight excluding hydrogens is 299 g/mol. The average molecular weight is 319 g/mol. The van der Waals surface area contributed by atoms with Gasteiger partial charge in [-0.25, -0.2) is 0 Å². The van der Waals surface area contributed by atoms with E-state index in [-0.39, 0.29) is 24.2 Å². The minimum atomic E-state index is 0. The van der Waals surface area contributed by atoms with E-state index in [0.29, 0.717) is 23.2 Å². The minimum absolute atomic E-state index is 0. The fraction of sp³-hybridized carbons (Fsp3) is 0.500. The standard InChI is InChI=1S/C14H19ClN2O2.ClH/c1-9(11-6-16-7-11)14(18)17-8-10-3-4-12(15)5-13(10)19-2;/h3-5,9,11,16H,6-8H2,1-2H3,(H,17,18);1H. The van der Waals surface area contributed by atoms with Gasteiger partial charge in [0.05, 0.1) is 7.11 Å². The van der Waals surface area contributed by atoms with Crippen molar-refractivity contribution in [3.63, 3.8) is 0 Å².